The van der Waals surface area contributed by atoms with Crippen molar-refractivity contribution in [2.24, 2.45) is 0 Å². The summed E-state index contributed by atoms with van der Waals surface area (Å²) in [6.45, 7) is 0. The molecule has 34 valence electrons. The Morgan fingerprint density at radius 3 is 2.33 bits per heavy atom. The number of carboxylic acids is 1. The molecule has 1 N–H and O–H groups in total. The Morgan fingerprint density at radius 2 is 2.33 bits per heavy atom. The summed E-state index contributed by atoms with van der Waals surface area (Å²) in [6.07, 6.45) is 1.07. The van der Waals surface area contributed by atoms with Gasteiger partial charge in [0.05, 0.1) is 0 Å². The number of carbonyl (C=O) groups is 1. The lowest BCUT2D eigenvalue weighted by molar-refractivity contribution is -0.131. The van der Waals surface area contributed by atoms with Gasteiger partial charge in [-0.05, 0) is 4.08 Å². The lowest BCUT2D eigenvalue weighted by Gasteiger charge is -1.67. The average Bonchev–Trinajstić information content (AvgIpc) is 1.35. The van der Waals surface area contributed by atoms with E-state index < -0.39 is 5.97 Å². The van der Waals surface area contributed by atoms with Crippen LogP contribution in [0.25, 0.3) is 0 Å². The zero-order valence-electron chi connectivity index (χ0n) is 2.89. The van der Waals surface area contributed by atoms with Crippen LogP contribution in [-0.4, -0.2) is 11.1 Å². The summed E-state index contributed by atoms with van der Waals surface area (Å²) in [4.78, 5) is 9.51. The van der Waals surface area contributed by atoms with Crippen LogP contribution in [0.5, 0.6) is 0 Å². The Labute approximate surface area is 49.0 Å². The van der Waals surface area contributed by atoms with Crippen molar-refractivity contribution in [3.8, 4) is 0 Å². The van der Waals surface area contributed by atoms with Gasteiger partial charge in [0.25, 0.3) is 0 Å². The average molecular weight is 198 g/mol. The van der Waals surface area contributed by atoms with E-state index in [2.05, 4.69) is 0 Å². The smallest absolute Gasteiger partial charge is 0.328 e. The number of rotatable bonds is 1. The fourth-order valence-electron chi connectivity index (χ4n) is 0.0539. The first-order valence-corrected chi connectivity index (χ1v) is 2.51. The van der Waals surface area contributed by atoms with Gasteiger partial charge < -0.3 is 5.11 Å². The Balaban J connectivity index is 3.30. The summed E-state index contributed by atoms with van der Waals surface area (Å²) < 4.78 is 1.44. The molecule has 0 fully saturated rings. The van der Waals surface area contributed by atoms with Crippen molar-refractivity contribution >= 4 is 28.6 Å². The molecule has 0 spiro atoms. The first-order valence-electron chi connectivity index (χ1n) is 1.27. The van der Waals surface area contributed by atoms with Gasteiger partial charge in [-0.3, -0.25) is 0 Å². The Bertz CT molecular complexity index is 76.9. The lowest BCUT2D eigenvalue weighted by atomic mass is 10.7. The van der Waals surface area contributed by atoms with Gasteiger partial charge in [-0.1, -0.05) is 22.6 Å². The van der Waals surface area contributed by atoms with Gasteiger partial charge in [0.2, 0.25) is 0 Å². The van der Waals surface area contributed by atoms with E-state index in [9.17, 15) is 4.79 Å². The van der Waals surface area contributed by atoms with Crippen LogP contribution in [0.4, 0.5) is 0 Å². The third kappa shape index (κ3) is 3.94. The second-order valence-corrected chi connectivity index (χ2v) is 1.35. The van der Waals surface area contributed by atoms with E-state index in [1.165, 1.54) is 4.08 Å². The fraction of sp³-hybridized carbons (Fsp3) is 0. The van der Waals surface area contributed by atoms with Crippen molar-refractivity contribution < 1.29 is 9.90 Å². The van der Waals surface area contributed by atoms with Crippen LogP contribution in [0.3, 0.4) is 0 Å². The molecule has 0 rings (SSSR count). The Hall–Kier alpha value is -0.0600. The highest BCUT2D eigenvalue weighted by Crippen LogP contribution is 1.80. The molecule has 0 aromatic heterocycles. The molecule has 0 radical (unpaired) electrons. The fourth-order valence-corrected chi connectivity index (χ4v) is 0.361. The summed E-state index contributed by atoms with van der Waals surface area (Å²) in [5, 5.41) is 7.82. The van der Waals surface area contributed by atoms with Crippen LogP contribution in [0, 0.1) is 0 Å². The first-order chi connectivity index (χ1) is 2.77. The summed E-state index contributed by atoms with van der Waals surface area (Å²) >= 11 is 1.84. The molecule has 0 aliphatic rings. The molecule has 0 saturated heterocycles. The van der Waals surface area contributed by atoms with E-state index in [1.807, 2.05) is 22.6 Å². The molecule has 0 atom stereocenters. The van der Waals surface area contributed by atoms with Crippen LogP contribution in [0.15, 0.2) is 10.2 Å². The van der Waals surface area contributed by atoms with E-state index in [-0.39, 0.29) is 0 Å². The third-order valence-corrected chi connectivity index (χ3v) is 0.565. The predicted molar refractivity (Wildman–Crippen MR) is 30.8 cm³/mol. The maximum Gasteiger partial charge on any atom is 0.328 e. The molecule has 0 aromatic carbocycles. The van der Waals surface area contributed by atoms with E-state index in [4.69, 9.17) is 5.11 Å². The molecular weight excluding hydrogens is 195 g/mol. The predicted octanol–water partition coefficient (Wildman–Crippen LogP) is 1.02. The third-order valence-electron chi connectivity index (χ3n) is 0.206. The second kappa shape index (κ2) is 3.14. The number of halogens is 1. The second-order valence-electron chi connectivity index (χ2n) is 0.631. The van der Waals surface area contributed by atoms with Crippen molar-refractivity contribution in [3.63, 3.8) is 0 Å². The molecule has 6 heavy (non-hydrogen) atoms. The highest BCUT2D eigenvalue weighted by Gasteiger charge is 1.77. The highest BCUT2D eigenvalue weighted by atomic mass is 127. The molecule has 0 saturated carbocycles. The highest BCUT2D eigenvalue weighted by molar-refractivity contribution is 14.1. The summed E-state index contributed by atoms with van der Waals surface area (Å²) in [7, 11) is 0. The summed E-state index contributed by atoms with van der Waals surface area (Å²) in [5.74, 6) is -0.899. The van der Waals surface area contributed by atoms with E-state index >= 15 is 0 Å². The monoisotopic (exact) mass is 198 g/mol. The molecule has 0 bridgehead atoms. The number of hydrogen-bond donors (Lipinski definition) is 1. The van der Waals surface area contributed by atoms with Crippen molar-refractivity contribution in [2.75, 3.05) is 0 Å². The Kier molecular flexibility index (Phi) is 3.11. The van der Waals surface area contributed by atoms with Crippen molar-refractivity contribution in [2.45, 2.75) is 0 Å². The normalized spacial score (nSPS) is 9.50. The molecule has 0 unspecified atom stereocenters. The number of carboxylic acid groups (broad SMARTS) is 1. The quantitative estimate of drug-likeness (QED) is 0.504. The molecule has 2 nitrogen and oxygen atoms in total. The first kappa shape index (κ1) is 5.94. The van der Waals surface area contributed by atoms with Crippen LogP contribution < -0.4 is 0 Å². The van der Waals surface area contributed by atoms with Gasteiger partial charge in [0, 0.05) is 6.08 Å². The maximum absolute atomic E-state index is 9.51. The number of aliphatic carboxylic acids is 1. The van der Waals surface area contributed by atoms with Gasteiger partial charge in [-0.15, -0.1) is 0 Å². The van der Waals surface area contributed by atoms with Crippen LogP contribution in [-0.2, 0) is 4.79 Å². The largest absolute Gasteiger partial charge is 0.478 e. The van der Waals surface area contributed by atoms with Gasteiger partial charge >= 0.3 is 5.97 Å². The van der Waals surface area contributed by atoms with E-state index in [0.717, 1.165) is 6.08 Å². The molecule has 0 aromatic rings. The van der Waals surface area contributed by atoms with Gasteiger partial charge in [-0.2, -0.15) is 0 Å². The summed E-state index contributed by atoms with van der Waals surface area (Å²) in [6, 6.07) is 0. The SMILES string of the molecule is O=C(O)/C=C\I. The van der Waals surface area contributed by atoms with Gasteiger partial charge in [-0.25, -0.2) is 4.79 Å². The molecule has 0 heterocycles. The molecule has 0 aliphatic carbocycles. The minimum atomic E-state index is -0.899. The van der Waals surface area contributed by atoms with E-state index in [1.54, 1.807) is 0 Å². The standard InChI is InChI=1S/C3H3IO2/c4-2-1-3(5)6/h1-2H,(H,5,6)/b2-1-. The minimum absolute atomic E-state index is 0.899. The molecule has 0 aliphatic heterocycles. The van der Waals surface area contributed by atoms with Crippen LogP contribution in [0.2, 0.25) is 0 Å². The topological polar surface area (TPSA) is 37.3 Å². The minimum Gasteiger partial charge on any atom is -0.478 e. The Morgan fingerprint density at radius 1 is 1.83 bits per heavy atom. The maximum atomic E-state index is 9.51. The molecular formula is C3H3IO2. The van der Waals surface area contributed by atoms with Crippen molar-refractivity contribution in [1.29, 1.82) is 0 Å². The van der Waals surface area contributed by atoms with Gasteiger partial charge in [0.15, 0.2) is 0 Å². The molecule has 0 amide bonds. The van der Waals surface area contributed by atoms with Crippen molar-refractivity contribution in [1.82, 2.24) is 0 Å². The summed E-state index contributed by atoms with van der Waals surface area (Å²) in [5.41, 5.74) is 0. The van der Waals surface area contributed by atoms with Crippen LogP contribution >= 0.6 is 22.6 Å². The van der Waals surface area contributed by atoms with Crippen molar-refractivity contribution in [3.05, 3.63) is 10.2 Å². The zero-order valence-corrected chi connectivity index (χ0v) is 5.05. The van der Waals surface area contributed by atoms with Crippen LogP contribution in [0.1, 0.15) is 0 Å². The molecule has 3 heteroatoms. The van der Waals surface area contributed by atoms with E-state index in [0.29, 0.717) is 0 Å². The number of hydrogen-bond acceptors (Lipinski definition) is 1. The van der Waals surface area contributed by atoms with Gasteiger partial charge in [0.1, 0.15) is 0 Å². The lowest BCUT2D eigenvalue weighted by Crippen LogP contribution is -1.83. The zero-order chi connectivity index (χ0) is 4.99.